The Morgan fingerprint density at radius 2 is 1.58 bits per heavy atom. The van der Waals surface area contributed by atoms with Crippen molar-refractivity contribution >= 4 is 22.4 Å². The maximum Gasteiger partial charge on any atom is 0.227 e. The van der Waals surface area contributed by atoms with E-state index in [1.165, 1.54) is 22.0 Å². The van der Waals surface area contributed by atoms with Crippen molar-refractivity contribution in [3.05, 3.63) is 78.4 Å². The molecule has 31 heavy (non-hydrogen) atoms. The molecular weight excluding hydrogens is 384 g/mol. The normalized spacial score (nSPS) is 24.9. The summed E-state index contributed by atoms with van der Waals surface area (Å²) in [5, 5.41) is 9.38. The zero-order valence-electron chi connectivity index (χ0n) is 18.0. The van der Waals surface area contributed by atoms with Crippen LogP contribution < -0.4 is 15.5 Å². The van der Waals surface area contributed by atoms with Crippen LogP contribution in [0.4, 0.5) is 5.69 Å². The summed E-state index contributed by atoms with van der Waals surface area (Å²) >= 11 is 0. The molecule has 1 amide bonds. The van der Waals surface area contributed by atoms with E-state index in [1.54, 1.807) is 0 Å². The fourth-order valence-corrected chi connectivity index (χ4v) is 4.93. The van der Waals surface area contributed by atoms with Crippen LogP contribution in [0.1, 0.15) is 12.5 Å². The van der Waals surface area contributed by atoms with Crippen LogP contribution in [0.5, 0.6) is 0 Å². The predicted molar refractivity (Wildman–Crippen MR) is 126 cm³/mol. The summed E-state index contributed by atoms with van der Waals surface area (Å²) in [5.41, 5.74) is 2.51. The third-order valence-electron chi connectivity index (χ3n) is 6.76. The minimum Gasteiger partial charge on any atom is -0.369 e. The molecule has 0 aliphatic carbocycles. The van der Waals surface area contributed by atoms with Crippen molar-refractivity contribution in [3.63, 3.8) is 0 Å². The lowest BCUT2D eigenvalue weighted by Crippen LogP contribution is -2.69. The van der Waals surface area contributed by atoms with E-state index in [0.29, 0.717) is 0 Å². The first-order valence-corrected chi connectivity index (χ1v) is 11.3. The number of carbonyl (C=O) groups excluding carboxylic acids is 1. The lowest BCUT2D eigenvalue weighted by Gasteiger charge is -2.45. The highest BCUT2D eigenvalue weighted by atomic mass is 16.2. The van der Waals surface area contributed by atoms with Crippen LogP contribution in [0, 0.1) is 5.92 Å². The van der Waals surface area contributed by atoms with Gasteiger partial charge in [-0.05, 0) is 41.8 Å². The molecule has 2 aliphatic heterocycles. The average molecular weight is 415 g/mol. The Balaban J connectivity index is 1.23. The maximum absolute atomic E-state index is 13.1. The third-order valence-corrected chi connectivity index (χ3v) is 6.76. The Hall–Kier alpha value is -2.89. The van der Waals surface area contributed by atoms with E-state index in [-0.39, 0.29) is 24.2 Å². The topological polar surface area (TPSA) is 47.6 Å². The molecule has 0 radical (unpaired) electrons. The summed E-state index contributed by atoms with van der Waals surface area (Å²) in [6.45, 7) is 5.92. The minimum atomic E-state index is -0.0933. The van der Waals surface area contributed by atoms with Gasteiger partial charge in [-0.3, -0.25) is 15.0 Å². The Kier molecular flexibility index (Phi) is 5.62. The van der Waals surface area contributed by atoms with Crippen LogP contribution in [-0.2, 0) is 11.2 Å². The fraction of sp³-hybridized carbons (Fsp3) is 0.346. The van der Waals surface area contributed by atoms with Gasteiger partial charge in [0.1, 0.15) is 6.29 Å². The van der Waals surface area contributed by atoms with E-state index < -0.39 is 0 Å². The van der Waals surface area contributed by atoms with Gasteiger partial charge >= 0.3 is 0 Å². The van der Waals surface area contributed by atoms with Crippen LogP contribution >= 0.6 is 0 Å². The minimum absolute atomic E-state index is 0.0762. The summed E-state index contributed by atoms with van der Waals surface area (Å²) in [4.78, 5) is 17.9. The van der Waals surface area contributed by atoms with Gasteiger partial charge in [-0.1, -0.05) is 60.7 Å². The Bertz CT molecular complexity index is 1040. The number of anilines is 1. The zero-order valence-corrected chi connectivity index (χ0v) is 18.0. The number of para-hydroxylation sites is 1. The van der Waals surface area contributed by atoms with Gasteiger partial charge < -0.3 is 10.2 Å². The van der Waals surface area contributed by atoms with Gasteiger partial charge in [-0.15, -0.1) is 0 Å². The number of piperazine rings is 1. The number of benzene rings is 3. The van der Waals surface area contributed by atoms with Crippen LogP contribution in [0.3, 0.4) is 0 Å². The van der Waals surface area contributed by atoms with Crippen molar-refractivity contribution in [2.45, 2.75) is 25.7 Å². The molecule has 160 valence electrons. The highest BCUT2D eigenvalue weighted by molar-refractivity contribution is 5.87. The van der Waals surface area contributed by atoms with E-state index in [2.05, 4.69) is 100 Å². The largest absolute Gasteiger partial charge is 0.369 e. The number of rotatable bonds is 4. The first kappa shape index (κ1) is 20.0. The monoisotopic (exact) mass is 414 g/mol. The standard InChI is InChI=1S/C26H30N4O/c1-19-24(18-21-10-7-9-20-8-5-6-13-23(20)21)25(31)28-26(27-19)30-16-14-29(15-17-30)22-11-3-2-4-12-22/h2-13,19,24,26-27H,14-18H2,1H3,(H,28,31). The number of fused-ring (bicyclic) bond motifs is 1. The second kappa shape index (κ2) is 8.69. The molecule has 3 aromatic rings. The maximum atomic E-state index is 13.1. The lowest BCUT2D eigenvalue weighted by atomic mass is 9.88. The molecule has 3 atom stereocenters. The third kappa shape index (κ3) is 4.16. The lowest BCUT2D eigenvalue weighted by molar-refractivity contribution is -0.132. The number of hydrogen-bond acceptors (Lipinski definition) is 4. The first-order valence-electron chi connectivity index (χ1n) is 11.3. The predicted octanol–water partition coefficient (Wildman–Crippen LogP) is 3.21. The van der Waals surface area contributed by atoms with Gasteiger partial charge in [-0.25, -0.2) is 0 Å². The van der Waals surface area contributed by atoms with E-state index in [1.807, 2.05) is 0 Å². The van der Waals surface area contributed by atoms with Crippen molar-refractivity contribution in [2.75, 3.05) is 31.1 Å². The van der Waals surface area contributed by atoms with E-state index in [4.69, 9.17) is 0 Å². The summed E-state index contributed by atoms with van der Waals surface area (Å²) in [7, 11) is 0. The number of amides is 1. The van der Waals surface area contributed by atoms with Gasteiger partial charge in [0.15, 0.2) is 0 Å². The van der Waals surface area contributed by atoms with E-state index in [9.17, 15) is 4.79 Å². The van der Waals surface area contributed by atoms with Crippen LogP contribution in [0.15, 0.2) is 72.8 Å². The molecule has 0 bridgehead atoms. The molecule has 0 saturated carbocycles. The van der Waals surface area contributed by atoms with Crippen molar-refractivity contribution in [1.29, 1.82) is 0 Å². The van der Waals surface area contributed by atoms with Gasteiger partial charge in [0.25, 0.3) is 0 Å². The number of nitrogens with zero attached hydrogens (tertiary/aromatic N) is 2. The van der Waals surface area contributed by atoms with E-state index >= 15 is 0 Å². The molecule has 2 fully saturated rings. The highest BCUT2D eigenvalue weighted by Crippen LogP contribution is 2.25. The molecule has 2 heterocycles. The summed E-state index contributed by atoms with van der Waals surface area (Å²) in [6, 6.07) is 25.4. The van der Waals surface area contributed by atoms with Gasteiger partial charge in [0.2, 0.25) is 5.91 Å². The number of nitrogens with one attached hydrogen (secondary N) is 2. The molecule has 2 aliphatic rings. The van der Waals surface area contributed by atoms with Crippen LogP contribution in [0.2, 0.25) is 0 Å². The second-order valence-corrected chi connectivity index (χ2v) is 8.67. The highest BCUT2D eigenvalue weighted by Gasteiger charge is 2.36. The molecule has 0 aromatic heterocycles. The number of carbonyl (C=O) groups is 1. The summed E-state index contributed by atoms with van der Waals surface area (Å²) in [6.07, 6.45) is 0.653. The molecule has 2 N–H and O–H groups in total. The smallest absolute Gasteiger partial charge is 0.227 e. The molecule has 2 saturated heterocycles. The van der Waals surface area contributed by atoms with Crippen molar-refractivity contribution in [1.82, 2.24) is 15.5 Å². The SMILES string of the molecule is CC1NC(N2CCN(c3ccccc3)CC2)NC(=O)C1Cc1cccc2ccccc12. The van der Waals surface area contributed by atoms with Crippen molar-refractivity contribution in [2.24, 2.45) is 5.92 Å². The van der Waals surface area contributed by atoms with Crippen molar-refractivity contribution < 1.29 is 4.79 Å². The molecule has 3 unspecified atom stereocenters. The average Bonchev–Trinajstić information content (AvgIpc) is 2.82. The molecule has 3 aromatic carbocycles. The van der Waals surface area contributed by atoms with Gasteiger partial charge in [-0.2, -0.15) is 0 Å². The van der Waals surface area contributed by atoms with E-state index in [0.717, 1.165) is 32.6 Å². The van der Waals surface area contributed by atoms with Gasteiger partial charge in [0, 0.05) is 37.9 Å². The molecular formula is C26H30N4O. The van der Waals surface area contributed by atoms with Crippen LogP contribution in [-0.4, -0.2) is 49.3 Å². The van der Waals surface area contributed by atoms with Gasteiger partial charge in [0.05, 0.1) is 5.92 Å². The molecule has 0 spiro atoms. The zero-order chi connectivity index (χ0) is 21.2. The summed E-state index contributed by atoms with van der Waals surface area (Å²) in [5.74, 6) is 0.0716. The van der Waals surface area contributed by atoms with Crippen molar-refractivity contribution in [3.8, 4) is 0 Å². The Morgan fingerprint density at radius 1 is 0.871 bits per heavy atom. The quantitative estimate of drug-likeness (QED) is 0.688. The molecule has 5 heteroatoms. The number of hydrogen-bond donors (Lipinski definition) is 2. The second-order valence-electron chi connectivity index (χ2n) is 8.67. The fourth-order valence-electron chi connectivity index (χ4n) is 4.93. The first-order chi connectivity index (χ1) is 15.2. The molecule has 5 nitrogen and oxygen atoms in total. The molecule has 5 rings (SSSR count). The Morgan fingerprint density at radius 3 is 2.35 bits per heavy atom. The van der Waals surface area contributed by atoms with Crippen LogP contribution in [0.25, 0.3) is 10.8 Å². The summed E-state index contributed by atoms with van der Waals surface area (Å²) < 4.78 is 0. The Labute approximate surface area is 184 Å².